The Kier molecular flexibility index (Phi) is 3.08. The van der Waals surface area contributed by atoms with E-state index in [1.165, 1.54) is 12.1 Å². The van der Waals surface area contributed by atoms with Crippen molar-refractivity contribution in [3.05, 3.63) is 29.6 Å². The minimum Gasteiger partial charge on any atom is -0.478 e. The molecule has 0 radical (unpaired) electrons. The summed E-state index contributed by atoms with van der Waals surface area (Å²) < 4.78 is 13.3. The third-order valence-electron chi connectivity index (χ3n) is 2.67. The highest BCUT2D eigenvalue weighted by atomic mass is 19.1. The second-order valence-electron chi connectivity index (χ2n) is 4.16. The van der Waals surface area contributed by atoms with E-state index >= 15 is 0 Å². The number of anilines is 1. The molecule has 4 nitrogen and oxygen atoms in total. The molecule has 0 unspecified atom stereocenters. The number of carbonyl (C=O) groups is 2. The van der Waals surface area contributed by atoms with E-state index < -0.39 is 17.3 Å². The largest absolute Gasteiger partial charge is 0.478 e. The zero-order chi connectivity index (χ0) is 12.4. The monoisotopic (exact) mass is 237 g/mol. The van der Waals surface area contributed by atoms with Crippen molar-refractivity contribution in [2.24, 2.45) is 5.92 Å². The van der Waals surface area contributed by atoms with Gasteiger partial charge >= 0.3 is 5.97 Å². The predicted molar refractivity (Wildman–Crippen MR) is 59.3 cm³/mol. The Balaban J connectivity index is 2.16. The van der Waals surface area contributed by atoms with Gasteiger partial charge in [0, 0.05) is 6.42 Å². The number of halogens is 1. The van der Waals surface area contributed by atoms with Gasteiger partial charge in [-0.05, 0) is 30.9 Å². The fraction of sp³-hybridized carbons (Fsp3) is 0.333. The Morgan fingerprint density at radius 3 is 2.71 bits per heavy atom. The van der Waals surface area contributed by atoms with Crippen LogP contribution in [0.25, 0.3) is 0 Å². The van der Waals surface area contributed by atoms with Crippen LogP contribution in [-0.4, -0.2) is 17.0 Å². The summed E-state index contributed by atoms with van der Waals surface area (Å²) >= 11 is 0. The highest BCUT2D eigenvalue weighted by molar-refractivity contribution is 6.00. The average Bonchev–Trinajstić information content (AvgIpc) is 3.00. The number of aromatic carboxylic acids is 1. The van der Waals surface area contributed by atoms with Crippen LogP contribution in [0.5, 0.6) is 0 Å². The van der Waals surface area contributed by atoms with Gasteiger partial charge in [0.25, 0.3) is 0 Å². The second kappa shape index (κ2) is 4.53. The summed E-state index contributed by atoms with van der Waals surface area (Å²) in [5, 5.41) is 11.3. The molecule has 0 aromatic heterocycles. The summed E-state index contributed by atoms with van der Waals surface area (Å²) in [5.74, 6) is -2.09. The second-order valence-corrected chi connectivity index (χ2v) is 4.16. The molecule has 5 heteroatoms. The van der Waals surface area contributed by atoms with Crippen molar-refractivity contribution in [3.8, 4) is 0 Å². The first-order valence-electron chi connectivity index (χ1n) is 5.39. The van der Waals surface area contributed by atoms with Crippen molar-refractivity contribution in [1.82, 2.24) is 0 Å². The van der Waals surface area contributed by atoms with Crippen molar-refractivity contribution in [1.29, 1.82) is 0 Å². The number of nitrogens with one attached hydrogen (secondary N) is 1. The molecule has 1 aromatic rings. The number of benzene rings is 1. The Morgan fingerprint density at radius 2 is 2.12 bits per heavy atom. The van der Waals surface area contributed by atoms with Crippen molar-refractivity contribution >= 4 is 17.6 Å². The van der Waals surface area contributed by atoms with Gasteiger partial charge in [0.1, 0.15) is 11.4 Å². The van der Waals surface area contributed by atoms with E-state index in [2.05, 4.69) is 5.32 Å². The van der Waals surface area contributed by atoms with Gasteiger partial charge in [-0.2, -0.15) is 0 Å². The van der Waals surface area contributed by atoms with Gasteiger partial charge in [-0.15, -0.1) is 0 Å². The highest BCUT2D eigenvalue weighted by Gasteiger charge is 2.25. The van der Waals surface area contributed by atoms with Crippen molar-refractivity contribution < 1.29 is 19.1 Å². The molecule has 0 aliphatic heterocycles. The minimum absolute atomic E-state index is 0.0168. The lowest BCUT2D eigenvalue weighted by atomic mass is 10.1. The molecule has 2 rings (SSSR count). The third-order valence-corrected chi connectivity index (χ3v) is 2.67. The summed E-state index contributed by atoms with van der Waals surface area (Å²) in [7, 11) is 0. The molecule has 0 saturated heterocycles. The van der Waals surface area contributed by atoms with E-state index in [1.54, 1.807) is 0 Å². The molecule has 90 valence electrons. The molecule has 17 heavy (non-hydrogen) atoms. The van der Waals surface area contributed by atoms with E-state index in [9.17, 15) is 14.0 Å². The molecular formula is C12H12FNO3. The summed E-state index contributed by atoms with van der Waals surface area (Å²) in [6, 6.07) is 3.81. The zero-order valence-electron chi connectivity index (χ0n) is 9.07. The van der Waals surface area contributed by atoms with Gasteiger partial charge in [0.05, 0.1) is 5.69 Å². The number of rotatable bonds is 4. The lowest BCUT2D eigenvalue weighted by molar-refractivity contribution is -0.116. The topological polar surface area (TPSA) is 66.4 Å². The van der Waals surface area contributed by atoms with Gasteiger partial charge < -0.3 is 10.4 Å². The molecule has 1 aromatic carbocycles. The molecule has 2 N–H and O–H groups in total. The summed E-state index contributed by atoms with van der Waals surface area (Å²) in [6.07, 6.45) is 2.43. The van der Waals surface area contributed by atoms with Gasteiger partial charge in [-0.1, -0.05) is 6.07 Å². The molecule has 0 bridgehead atoms. The van der Waals surface area contributed by atoms with E-state index in [1.807, 2.05) is 0 Å². The van der Waals surface area contributed by atoms with Crippen LogP contribution in [0, 0.1) is 11.7 Å². The Labute approximate surface area is 97.4 Å². The Hall–Kier alpha value is -1.91. The lowest BCUT2D eigenvalue weighted by Crippen LogP contribution is -2.15. The first kappa shape index (κ1) is 11.6. The lowest BCUT2D eigenvalue weighted by Gasteiger charge is -2.08. The molecule has 1 aliphatic carbocycles. The van der Waals surface area contributed by atoms with E-state index in [-0.39, 0.29) is 11.6 Å². The molecule has 1 saturated carbocycles. The van der Waals surface area contributed by atoms with Crippen LogP contribution in [0.1, 0.15) is 29.6 Å². The average molecular weight is 237 g/mol. The van der Waals surface area contributed by atoms with Crippen molar-refractivity contribution in [2.75, 3.05) is 5.32 Å². The van der Waals surface area contributed by atoms with E-state index in [4.69, 9.17) is 5.11 Å². The predicted octanol–water partition coefficient (Wildman–Crippen LogP) is 2.26. The third kappa shape index (κ3) is 2.81. The SMILES string of the molecule is O=C(CC1CC1)Nc1cccc(F)c1C(=O)O. The van der Waals surface area contributed by atoms with Crippen LogP contribution in [0.15, 0.2) is 18.2 Å². The van der Waals surface area contributed by atoms with Crippen LogP contribution in [-0.2, 0) is 4.79 Å². The van der Waals surface area contributed by atoms with Crippen molar-refractivity contribution in [3.63, 3.8) is 0 Å². The number of amides is 1. The molecule has 0 heterocycles. The van der Waals surface area contributed by atoms with Gasteiger partial charge in [-0.3, -0.25) is 4.79 Å². The van der Waals surface area contributed by atoms with Crippen LogP contribution in [0.2, 0.25) is 0 Å². The maximum Gasteiger partial charge on any atom is 0.340 e. The zero-order valence-corrected chi connectivity index (χ0v) is 9.07. The fourth-order valence-corrected chi connectivity index (χ4v) is 1.63. The minimum atomic E-state index is -1.38. The molecule has 0 spiro atoms. The van der Waals surface area contributed by atoms with Crippen LogP contribution in [0.4, 0.5) is 10.1 Å². The molecule has 1 amide bonds. The number of carbonyl (C=O) groups excluding carboxylic acids is 1. The number of carboxylic acid groups (broad SMARTS) is 1. The molecule has 0 atom stereocenters. The molecular weight excluding hydrogens is 225 g/mol. The number of hydrogen-bond acceptors (Lipinski definition) is 2. The summed E-state index contributed by atoms with van der Waals surface area (Å²) in [5.41, 5.74) is -0.472. The van der Waals surface area contributed by atoms with E-state index in [0.717, 1.165) is 18.9 Å². The quantitative estimate of drug-likeness (QED) is 0.844. The van der Waals surface area contributed by atoms with Gasteiger partial charge in [0.15, 0.2) is 0 Å². The fourth-order valence-electron chi connectivity index (χ4n) is 1.63. The maximum absolute atomic E-state index is 13.3. The van der Waals surface area contributed by atoms with Gasteiger partial charge in [0.2, 0.25) is 5.91 Å². The smallest absolute Gasteiger partial charge is 0.340 e. The first-order chi connectivity index (χ1) is 8.08. The first-order valence-corrected chi connectivity index (χ1v) is 5.39. The Morgan fingerprint density at radius 1 is 1.41 bits per heavy atom. The standard InChI is InChI=1S/C12H12FNO3/c13-8-2-1-3-9(11(8)12(16)17)14-10(15)6-7-4-5-7/h1-3,7H,4-6H2,(H,14,15)(H,16,17). The van der Waals surface area contributed by atoms with E-state index in [0.29, 0.717) is 12.3 Å². The highest BCUT2D eigenvalue weighted by Crippen LogP contribution is 2.32. The number of hydrogen-bond donors (Lipinski definition) is 2. The van der Waals surface area contributed by atoms with Crippen LogP contribution < -0.4 is 5.32 Å². The van der Waals surface area contributed by atoms with Crippen molar-refractivity contribution in [2.45, 2.75) is 19.3 Å². The number of carboxylic acids is 1. The molecule has 1 fully saturated rings. The molecule has 1 aliphatic rings. The van der Waals surface area contributed by atoms with Crippen LogP contribution in [0.3, 0.4) is 0 Å². The van der Waals surface area contributed by atoms with Gasteiger partial charge in [-0.25, -0.2) is 9.18 Å². The normalized spacial score (nSPS) is 14.4. The van der Waals surface area contributed by atoms with Crippen LogP contribution >= 0.6 is 0 Å². The Bertz CT molecular complexity index is 469. The maximum atomic E-state index is 13.3. The summed E-state index contributed by atoms with van der Waals surface area (Å²) in [6.45, 7) is 0. The summed E-state index contributed by atoms with van der Waals surface area (Å²) in [4.78, 5) is 22.4.